The average Bonchev–Trinajstić information content (AvgIpc) is 3.74. The molecule has 2 aliphatic carbocycles. The summed E-state index contributed by atoms with van der Waals surface area (Å²) >= 11 is 0. The Kier molecular flexibility index (Phi) is 17.3. The van der Waals surface area contributed by atoms with Crippen LogP contribution in [0.1, 0.15) is 86.5 Å². The number of ketones is 2. The molecule has 0 aromatic heterocycles. The fourth-order valence-corrected chi connectivity index (χ4v) is 7.37. The van der Waals surface area contributed by atoms with Crippen LogP contribution in [-0.2, 0) is 28.7 Å². The van der Waals surface area contributed by atoms with E-state index in [2.05, 4.69) is 33.8 Å². The molecule has 4 aromatic carbocycles. The van der Waals surface area contributed by atoms with Gasteiger partial charge >= 0.3 is 18.2 Å². The number of Topliss-reactive ketones (excluding diaryl/α,β-unsaturated/α-hetero) is 2. The summed E-state index contributed by atoms with van der Waals surface area (Å²) in [5.74, 6) is -2.11. The summed E-state index contributed by atoms with van der Waals surface area (Å²) in [6.07, 6.45) is 0.171. The van der Waals surface area contributed by atoms with Gasteiger partial charge in [0.05, 0.1) is 0 Å². The van der Waals surface area contributed by atoms with Crippen molar-refractivity contribution in [2.45, 2.75) is 76.3 Å². The third-order valence-corrected chi connectivity index (χ3v) is 10.1. The van der Waals surface area contributed by atoms with E-state index in [1.54, 1.807) is 0 Å². The van der Waals surface area contributed by atoms with Gasteiger partial charge in [-0.3, -0.25) is 14.4 Å². The van der Waals surface area contributed by atoms with Gasteiger partial charge in [-0.05, 0) is 64.4 Å². The predicted molar refractivity (Wildman–Crippen MR) is 225 cm³/mol. The van der Waals surface area contributed by atoms with Crippen LogP contribution >= 0.6 is 0 Å². The molecule has 312 valence electrons. The second-order valence-electron chi connectivity index (χ2n) is 14.0. The lowest BCUT2D eigenvalue weighted by Crippen LogP contribution is -2.47. The van der Waals surface area contributed by atoms with E-state index in [0.717, 1.165) is 44.5 Å². The van der Waals surface area contributed by atoms with Crippen molar-refractivity contribution in [2.75, 3.05) is 27.3 Å². The molecule has 0 bridgehead atoms. The number of amides is 3. The van der Waals surface area contributed by atoms with Gasteiger partial charge in [0.2, 0.25) is 5.91 Å². The number of hydrogen-bond donors (Lipinski definition) is 5. The Hall–Kier alpha value is -6.34. The highest BCUT2D eigenvalue weighted by molar-refractivity contribution is 5.91. The molecule has 2 atom stereocenters. The highest BCUT2D eigenvalue weighted by Crippen LogP contribution is 2.45. The van der Waals surface area contributed by atoms with E-state index in [1.165, 1.54) is 14.1 Å². The Balaban J connectivity index is 0.000000250. The largest absolute Gasteiger partial charge is 0.480 e. The van der Waals surface area contributed by atoms with Crippen LogP contribution in [0.15, 0.2) is 97.1 Å². The molecular weight excluding hydrogens is 753 g/mol. The van der Waals surface area contributed by atoms with E-state index in [9.17, 15) is 33.9 Å². The molecule has 0 saturated heterocycles. The molecule has 0 aliphatic heterocycles. The van der Waals surface area contributed by atoms with E-state index in [4.69, 9.17) is 9.47 Å². The summed E-state index contributed by atoms with van der Waals surface area (Å²) in [6, 6.07) is 29.8. The Morgan fingerprint density at radius 2 is 0.898 bits per heavy atom. The van der Waals surface area contributed by atoms with Gasteiger partial charge < -0.3 is 36.3 Å². The van der Waals surface area contributed by atoms with Crippen LogP contribution < -0.4 is 21.7 Å². The molecule has 2 unspecified atom stereocenters. The number of likely N-dealkylation sites (N-methyl/N-ethyl adjacent to an activating group) is 1. The summed E-state index contributed by atoms with van der Waals surface area (Å²) < 4.78 is 10.8. The number of aliphatic carboxylic acids is 1. The van der Waals surface area contributed by atoms with Crippen LogP contribution in [0.2, 0.25) is 0 Å². The Bertz CT molecular complexity index is 2010. The molecule has 0 radical (unpaired) electrons. The highest BCUT2D eigenvalue weighted by Gasteiger charge is 2.32. The fourth-order valence-electron chi connectivity index (χ4n) is 7.37. The summed E-state index contributed by atoms with van der Waals surface area (Å²) in [7, 11) is 2.97. The predicted octanol–water partition coefficient (Wildman–Crippen LogP) is 6.71. The van der Waals surface area contributed by atoms with Crippen molar-refractivity contribution in [3.8, 4) is 22.3 Å². The number of carbonyl (C=O) groups is 6. The third-order valence-electron chi connectivity index (χ3n) is 10.1. The standard InChI is InChI=1S/C23H26N2O4.C22H23NO5.CH5N/c1-3-8-15(26)13-21(22(27)24-2)25-23(28)29-14-20-18-11-6-4-9-16(18)17-10-5-7-12-19(17)20;1-2-7-14(24)12-20(21(25)26)23-22(27)28-13-19-17-10-5-3-8-15(17)16-9-4-6-11-18(16)19;1-2/h4-7,9-12,20-21H,3,8,13-14H2,1-2H3,(H,24,27)(H,25,28);3-6,8-11,19-20H,2,7,12-13H2,1H3,(H,23,27)(H,25,26);2H2,1H3. The van der Waals surface area contributed by atoms with Crippen molar-refractivity contribution in [2.24, 2.45) is 5.73 Å². The minimum Gasteiger partial charge on any atom is -0.480 e. The van der Waals surface area contributed by atoms with Crippen LogP contribution in [-0.4, -0.2) is 80.1 Å². The van der Waals surface area contributed by atoms with E-state index in [-0.39, 0.29) is 55.9 Å². The third kappa shape index (κ3) is 11.9. The second-order valence-corrected chi connectivity index (χ2v) is 14.0. The normalized spacial score (nSPS) is 12.9. The number of nitrogens with one attached hydrogen (secondary N) is 3. The minimum absolute atomic E-state index is 0.0439. The first-order valence-electron chi connectivity index (χ1n) is 19.8. The zero-order valence-corrected chi connectivity index (χ0v) is 34.0. The maximum Gasteiger partial charge on any atom is 0.407 e. The summed E-state index contributed by atoms with van der Waals surface area (Å²) in [6.45, 7) is 3.98. The van der Waals surface area contributed by atoms with Gasteiger partial charge in [-0.1, -0.05) is 111 Å². The fraction of sp³-hybridized carbons (Fsp3) is 0.348. The lowest BCUT2D eigenvalue weighted by Gasteiger charge is -2.18. The number of alkyl carbamates (subject to hydrolysis) is 2. The van der Waals surface area contributed by atoms with Crippen LogP contribution in [0.5, 0.6) is 0 Å². The van der Waals surface area contributed by atoms with Gasteiger partial charge in [-0.2, -0.15) is 0 Å². The number of ether oxygens (including phenoxy) is 2. The first-order valence-corrected chi connectivity index (χ1v) is 19.8. The van der Waals surface area contributed by atoms with Crippen LogP contribution in [0.25, 0.3) is 22.3 Å². The van der Waals surface area contributed by atoms with Crippen molar-refractivity contribution < 1.29 is 43.3 Å². The Morgan fingerprint density at radius 1 is 0.576 bits per heavy atom. The molecule has 4 aromatic rings. The molecular formula is C46H54N4O9. The maximum atomic E-state index is 12.4. The van der Waals surface area contributed by atoms with Crippen LogP contribution in [0.3, 0.4) is 0 Å². The number of carboxylic acid groups (broad SMARTS) is 1. The molecule has 59 heavy (non-hydrogen) atoms. The van der Waals surface area contributed by atoms with E-state index >= 15 is 0 Å². The number of fused-ring (bicyclic) bond motifs is 6. The van der Waals surface area contributed by atoms with Crippen molar-refractivity contribution in [3.63, 3.8) is 0 Å². The number of benzene rings is 4. The van der Waals surface area contributed by atoms with Crippen LogP contribution in [0.4, 0.5) is 9.59 Å². The van der Waals surface area contributed by atoms with Crippen molar-refractivity contribution in [1.82, 2.24) is 16.0 Å². The van der Waals surface area contributed by atoms with Crippen molar-refractivity contribution >= 4 is 35.6 Å². The highest BCUT2D eigenvalue weighted by atomic mass is 16.6. The van der Waals surface area contributed by atoms with Crippen LogP contribution in [0, 0.1) is 0 Å². The number of carbonyl (C=O) groups excluding carboxylic acids is 5. The molecule has 3 amide bonds. The lowest BCUT2D eigenvalue weighted by atomic mass is 9.98. The maximum absolute atomic E-state index is 12.4. The smallest absolute Gasteiger partial charge is 0.407 e. The van der Waals surface area contributed by atoms with Gasteiger partial charge in [0.1, 0.15) is 36.9 Å². The molecule has 0 fully saturated rings. The van der Waals surface area contributed by atoms with Gasteiger partial charge in [-0.25, -0.2) is 14.4 Å². The van der Waals surface area contributed by atoms with Gasteiger partial charge in [-0.15, -0.1) is 0 Å². The molecule has 0 heterocycles. The second kappa shape index (κ2) is 22.6. The van der Waals surface area contributed by atoms with Gasteiger partial charge in [0.15, 0.2) is 0 Å². The van der Waals surface area contributed by atoms with Gasteiger partial charge in [0.25, 0.3) is 0 Å². The van der Waals surface area contributed by atoms with E-state index in [1.807, 2.05) is 98.8 Å². The zero-order chi connectivity index (χ0) is 42.9. The first-order chi connectivity index (χ1) is 28.6. The van der Waals surface area contributed by atoms with E-state index in [0.29, 0.717) is 19.3 Å². The number of rotatable bonds is 16. The summed E-state index contributed by atoms with van der Waals surface area (Å²) in [4.78, 5) is 71.6. The topological polar surface area (TPSA) is 203 Å². The molecule has 2 aliphatic rings. The monoisotopic (exact) mass is 806 g/mol. The molecule has 6 N–H and O–H groups in total. The minimum atomic E-state index is -1.28. The lowest BCUT2D eigenvalue weighted by molar-refractivity contribution is -0.141. The van der Waals surface area contributed by atoms with Crippen molar-refractivity contribution in [1.29, 1.82) is 0 Å². The molecule has 13 nitrogen and oxygen atoms in total. The molecule has 0 saturated carbocycles. The average molecular weight is 807 g/mol. The Morgan fingerprint density at radius 3 is 1.22 bits per heavy atom. The molecule has 6 rings (SSSR count). The molecule has 13 heteroatoms. The quantitative estimate of drug-likeness (QED) is 0.0810. The van der Waals surface area contributed by atoms with E-state index < -0.39 is 36.1 Å². The zero-order valence-electron chi connectivity index (χ0n) is 34.0. The summed E-state index contributed by atoms with van der Waals surface area (Å²) in [5.41, 5.74) is 13.4. The molecule has 0 spiro atoms. The number of hydrogen-bond acceptors (Lipinski definition) is 9. The first kappa shape index (κ1) is 45.4. The van der Waals surface area contributed by atoms with Crippen molar-refractivity contribution in [3.05, 3.63) is 119 Å². The number of carboxylic acids is 1. The Labute approximate surface area is 345 Å². The van der Waals surface area contributed by atoms with Gasteiger partial charge in [0, 0.05) is 44.6 Å². The SMILES string of the molecule is CCCC(=O)CC(NC(=O)OCC1c2ccccc2-c2ccccc21)C(=O)NC.CCCC(=O)CC(NC(=O)OCC1c2ccccc2-c2ccccc21)C(=O)O.CN. The summed E-state index contributed by atoms with van der Waals surface area (Å²) in [5, 5.41) is 16.6. The number of nitrogens with two attached hydrogens (primary N) is 1.